The Morgan fingerprint density at radius 3 is 2.52 bits per heavy atom. The van der Waals surface area contributed by atoms with Crippen LogP contribution in [-0.4, -0.2) is 75.5 Å². The molecule has 0 aromatic heterocycles. The standard InChI is InChI=1S/C16H34N4O2.HI/c1-5-17-15(18-8-7-11-21-6-2)19-14-16(3,4)20-9-12-22-13-10-20;/h5-14H2,1-4H3,(H2,17,18,19);1H. The van der Waals surface area contributed by atoms with Crippen LogP contribution in [0.15, 0.2) is 4.99 Å². The van der Waals surface area contributed by atoms with Gasteiger partial charge in [-0.2, -0.15) is 0 Å². The van der Waals surface area contributed by atoms with E-state index in [2.05, 4.69) is 36.3 Å². The number of nitrogens with one attached hydrogen (secondary N) is 2. The molecule has 1 aliphatic rings. The van der Waals surface area contributed by atoms with Crippen LogP contribution >= 0.6 is 24.0 Å². The number of aliphatic imine (C=N–C) groups is 1. The lowest BCUT2D eigenvalue weighted by Crippen LogP contribution is -2.52. The van der Waals surface area contributed by atoms with E-state index in [1.54, 1.807) is 0 Å². The third-order valence-electron chi connectivity index (χ3n) is 3.80. The predicted molar refractivity (Wildman–Crippen MR) is 107 cm³/mol. The van der Waals surface area contributed by atoms with E-state index in [9.17, 15) is 0 Å². The van der Waals surface area contributed by atoms with Gasteiger partial charge in [-0.15, -0.1) is 24.0 Å². The first kappa shape index (κ1) is 22.9. The monoisotopic (exact) mass is 442 g/mol. The second kappa shape index (κ2) is 13.2. The Morgan fingerprint density at radius 2 is 1.91 bits per heavy atom. The van der Waals surface area contributed by atoms with Crippen LogP contribution in [0.2, 0.25) is 0 Å². The molecule has 23 heavy (non-hydrogen) atoms. The first-order chi connectivity index (χ1) is 10.6. The highest BCUT2D eigenvalue weighted by molar-refractivity contribution is 14.0. The number of guanidine groups is 1. The van der Waals surface area contributed by atoms with Gasteiger partial charge in [-0.3, -0.25) is 9.89 Å². The van der Waals surface area contributed by atoms with Crippen molar-refractivity contribution in [3.05, 3.63) is 0 Å². The Balaban J connectivity index is 0.00000484. The Kier molecular flexibility index (Phi) is 13.1. The van der Waals surface area contributed by atoms with E-state index in [-0.39, 0.29) is 29.5 Å². The lowest BCUT2D eigenvalue weighted by molar-refractivity contribution is -0.00683. The summed E-state index contributed by atoms with van der Waals surface area (Å²) in [5.41, 5.74) is 0.0530. The van der Waals surface area contributed by atoms with Crippen LogP contribution in [0.3, 0.4) is 0 Å². The van der Waals surface area contributed by atoms with Crippen molar-refractivity contribution in [3.8, 4) is 0 Å². The second-order valence-electron chi connectivity index (χ2n) is 6.08. The van der Waals surface area contributed by atoms with Gasteiger partial charge in [0.2, 0.25) is 0 Å². The summed E-state index contributed by atoms with van der Waals surface area (Å²) < 4.78 is 10.8. The minimum atomic E-state index is 0. The van der Waals surface area contributed by atoms with E-state index in [0.717, 1.165) is 71.5 Å². The molecule has 0 unspecified atom stereocenters. The van der Waals surface area contributed by atoms with Crippen molar-refractivity contribution in [2.45, 2.75) is 39.7 Å². The quantitative estimate of drug-likeness (QED) is 0.247. The highest BCUT2D eigenvalue weighted by atomic mass is 127. The maximum Gasteiger partial charge on any atom is 0.191 e. The summed E-state index contributed by atoms with van der Waals surface area (Å²) in [5, 5.41) is 6.67. The molecule has 0 saturated carbocycles. The summed E-state index contributed by atoms with van der Waals surface area (Å²) in [6.07, 6.45) is 0.991. The van der Waals surface area contributed by atoms with E-state index in [4.69, 9.17) is 14.5 Å². The molecule has 6 nitrogen and oxygen atoms in total. The van der Waals surface area contributed by atoms with Crippen molar-refractivity contribution in [3.63, 3.8) is 0 Å². The molecule has 0 spiro atoms. The SMILES string of the molecule is CCNC(=NCC(C)(C)N1CCOCC1)NCCCOCC.I. The van der Waals surface area contributed by atoms with Crippen LogP contribution < -0.4 is 10.6 Å². The van der Waals surface area contributed by atoms with Crippen molar-refractivity contribution < 1.29 is 9.47 Å². The van der Waals surface area contributed by atoms with Crippen LogP contribution in [0.1, 0.15) is 34.1 Å². The van der Waals surface area contributed by atoms with Gasteiger partial charge in [0.05, 0.1) is 19.8 Å². The molecule has 1 saturated heterocycles. The minimum absolute atomic E-state index is 0. The summed E-state index contributed by atoms with van der Waals surface area (Å²) in [5.74, 6) is 0.889. The number of halogens is 1. The van der Waals surface area contributed by atoms with Crippen LogP contribution in [0.25, 0.3) is 0 Å². The zero-order valence-electron chi connectivity index (χ0n) is 15.2. The van der Waals surface area contributed by atoms with Gasteiger partial charge in [0.25, 0.3) is 0 Å². The Bertz CT molecular complexity index is 321. The molecular weight excluding hydrogens is 407 g/mol. The molecular formula is C16H35IN4O2. The molecule has 2 N–H and O–H groups in total. The Hall–Kier alpha value is -0.120. The highest BCUT2D eigenvalue weighted by Crippen LogP contribution is 2.16. The average molecular weight is 442 g/mol. The predicted octanol–water partition coefficient (Wildman–Crippen LogP) is 1.70. The first-order valence-corrected chi connectivity index (χ1v) is 8.53. The maximum absolute atomic E-state index is 5.43. The number of rotatable bonds is 9. The first-order valence-electron chi connectivity index (χ1n) is 8.53. The number of ether oxygens (including phenoxy) is 2. The summed E-state index contributed by atoms with van der Waals surface area (Å²) in [6.45, 7) is 16.3. The van der Waals surface area contributed by atoms with E-state index in [1.807, 2.05) is 6.92 Å². The van der Waals surface area contributed by atoms with Gasteiger partial charge in [-0.1, -0.05) is 0 Å². The molecule has 0 radical (unpaired) electrons. The summed E-state index contributed by atoms with van der Waals surface area (Å²) in [4.78, 5) is 7.21. The topological polar surface area (TPSA) is 58.1 Å². The fraction of sp³-hybridized carbons (Fsp3) is 0.938. The number of morpholine rings is 1. The van der Waals surface area contributed by atoms with E-state index in [0.29, 0.717) is 0 Å². The number of hydrogen-bond donors (Lipinski definition) is 2. The van der Waals surface area contributed by atoms with Crippen molar-refractivity contribution in [1.82, 2.24) is 15.5 Å². The fourth-order valence-electron chi connectivity index (χ4n) is 2.41. The lowest BCUT2D eigenvalue weighted by Gasteiger charge is -2.39. The molecule has 1 fully saturated rings. The molecule has 138 valence electrons. The van der Waals surface area contributed by atoms with Crippen molar-refractivity contribution in [2.24, 2.45) is 4.99 Å². The number of hydrogen-bond acceptors (Lipinski definition) is 4. The molecule has 0 aromatic carbocycles. The molecule has 1 heterocycles. The highest BCUT2D eigenvalue weighted by Gasteiger charge is 2.27. The zero-order chi connectivity index (χ0) is 16.3. The third kappa shape index (κ3) is 9.69. The zero-order valence-corrected chi connectivity index (χ0v) is 17.5. The van der Waals surface area contributed by atoms with Crippen molar-refractivity contribution in [2.75, 3.05) is 59.2 Å². The van der Waals surface area contributed by atoms with E-state index >= 15 is 0 Å². The third-order valence-corrected chi connectivity index (χ3v) is 3.80. The Morgan fingerprint density at radius 1 is 1.22 bits per heavy atom. The molecule has 0 aliphatic carbocycles. The number of nitrogens with zero attached hydrogens (tertiary/aromatic N) is 2. The van der Waals surface area contributed by atoms with Gasteiger partial charge in [0.1, 0.15) is 0 Å². The fourth-order valence-corrected chi connectivity index (χ4v) is 2.41. The van der Waals surface area contributed by atoms with E-state index in [1.165, 1.54) is 0 Å². The van der Waals surface area contributed by atoms with Crippen molar-refractivity contribution >= 4 is 29.9 Å². The second-order valence-corrected chi connectivity index (χ2v) is 6.08. The van der Waals surface area contributed by atoms with Gasteiger partial charge in [-0.25, -0.2) is 0 Å². The van der Waals surface area contributed by atoms with Crippen LogP contribution in [0.4, 0.5) is 0 Å². The lowest BCUT2D eigenvalue weighted by atomic mass is 10.0. The van der Waals surface area contributed by atoms with E-state index < -0.39 is 0 Å². The summed E-state index contributed by atoms with van der Waals surface area (Å²) >= 11 is 0. The minimum Gasteiger partial charge on any atom is -0.382 e. The van der Waals surface area contributed by atoms with Gasteiger partial charge < -0.3 is 20.1 Å². The van der Waals surface area contributed by atoms with Crippen LogP contribution in [0.5, 0.6) is 0 Å². The van der Waals surface area contributed by atoms with Crippen LogP contribution in [-0.2, 0) is 9.47 Å². The molecule has 0 atom stereocenters. The van der Waals surface area contributed by atoms with Gasteiger partial charge in [0, 0.05) is 44.9 Å². The Labute approximate surface area is 158 Å². The van der Waals surface area contributed by atoms with Crippen molar-refractivity contribution in [1.29, 1.82) is 0 Å². The molecule has 0 bridgehead atoms. The van der Waals surface area contributed by atoms with Gasteiger partial charge in [0.15, 0.2) is 5.96 Å². The van der Waals surface area contributed by atoms with Crippen LogP contribution in [0, 0.1) is 0 Å². The molecule has 1 aliphatic heterocycles. The average Bonchev–Trinajstić information content (AvgIpc) is 2.53. The molecule has 0 aromatic rings. The maximum atomic E-state index is 5.43. The summed E-state index contributed by atoms with van der Waals surface area (Å²) in [6, 6.07) is 0. The summed E-state index contributed by atoms with van der Waals surface area (Å²) in [7, 11) is 0. The molecule has 1 rings (SSSR count). The molecule has 7 heteroatoms. The molecule has 0 amide bonds. The van der Waals surface area contributed by atoms with Gasteiger partial charge >= 0.3 is 0 Å². The van der Waals surface area contributed by atoms with Gasteiger partial charge in [-0.05, 0) is 34.1 Å². The largest absolute Gasteiger partial charge is 0.382 e. The smallest absolute Gasteiger partial charge is 0.191 e. The normalized spacial score (nSPS) is 16.8.